The van der Waals surface area contributed by atoms with E-state index in [-0.39, 0.29) is 18.3 Å². The third kappa shape index (κ3) is 5.45. The summed E-state index contributed by atoms with van der Waals surface area (Å²) in [7, 11) is 0. The maximum Gasteiger partial charge on any atom is 0.228 e. The van der Waals surface area contributed by atoms with Gasteiger partial charge in [-0.3, -0.25) is 9.78 Å². The molecule has 0 aliphatic rings. The van der Waals surface area contributed by atoms with Gasteiger partial charge in [0.05, 0.1) is 12.5 Å². The molecule has 29 heavy (non-hydrogen) atoms. The lowest BCUT2D eigenvalue weighted by Gasteiger charge is -2.26. The summed E-state index contributed by atoms with van der Waals surface area (Å²) in [4.78, 5) is 17.2. The Hall–Kier alpha value is -3.12. The number of amides is 1. The van der Waals surface area contributed by atoms with Gasteiger partial charge in [-0.15, -0.1) is 0 Å². The third-order valence-electron chi connectivity index (χ3n) is 4.80. The number of halogens is 2. The molecule has 0 fully saturated rings. The van der Waals surface area contributed by atoms with Crippen LogP contribution in [0.3, 0.4) is 0 Å². The van der Waals surface area contributed by atoms with Gasteiger partial charge in [0, 0.05) is 18.3 Å². The molecule has 0 aliphatic heterocycles. The quantitative estimate of drug-likeness (QED) is 0.640. The lowest BCUT2D eigenvalue weighted by Crippen LogP contribution is -2.41. The van der Waals surface area contributed by atoms with Crippen LogP contribution < -0.4 is 5.32 Å². The van der Waals surface area contributed by atoms with Gasteiger partial charge in [-0.25, -0.2) is 8.78 Å². The second-order valence-electron chi connectivity index (χ2n) is 7.13. The van der Waals surface area contributed by atoms with E-state index in [1.807, 2.05) is 12.1 Å². The molecule has 0 saturated carbocycles. The Labute approximate surface area is 168 Å². The molecule has 0 spiro atoms. The molecular weight excluding hydrogens is 374 g/mol. The lowest BCUT2D eigenvalue weighted by atomic mass is 9.91. The van der Waals surface area contributed by atoms with E-state index >= 15 is 0 Å². The first kappa shape index (κ1) is 20.6. The number of nitrogens with one attached hydrogen (secondary N) is 1. The minimum absolute atomic E-state index is 0.0582. The molecule has 1 amide bonds. The van der Waals surface area contributed by atoms with Crippen molar-refractivity contribution in [2.75, 3.05) is 6.54 Å². The SMILES string of the molecule is CC(O)(CNC(=O)C(Cc1ccccn1)c1ccc(F)cc1)c1ccc(F)cc1. The van der Waals surface area contributed by atoms with Crippen molar-refractivity contribution < 1.29 is 18.7 Å². The summed E-state index contributed by atoms with van der Waals surface area (Å²) in [6.45, 7) is 1.49. The predicted octanol–water partition coefficient (Wildman–Crippen LogP) is 3.71. The van der Waals surface area contributed by atoms with Crippen LogP contribution in [0.1, 0.15) is 29.7 Å². The second kappa shape index (κ2) is 8.92. The van der Waals surface area contributed by atoms with Crippen LogP contribution in [-0.2, 0) is 16.8 Å². The Morgan fingerprint density at radius 3 is 2.24 bits per heavy atom. The molecule has 3 aromatic rings. The van der Waals surface area contributed by atoms with Crippen LogP contribution in [0.15, 0.2) is 72.9 Å². The van der Waals surface area contributed by atoms with Crippen molar-refractivity contribution in [1.29, 1.82) is 0 Å². The van der Waals surface area contributed by atoms with E-state index < -0.39 is 17.3 Å². The average molecular weight is 396 g/mol. The number of aliphatic hydroxyl groups is 1. The number of benzene rings is 2. The van der Waals surface area contributed by atoms with Crippen LogP contribution in [-0.4, -0.2) is 22.5 Å². The molecule has 4 nitrogen and oxygen atoms in total. The molecule has 1 aromatic heterocycles. The van der Waals surface area contributed by atoms with E-state index in [4.69, 9.17) is 0 Å². The zero-order chi connectivity index (χ0) is 20.9. The molecular formula is C23H22F2N2O2. The van der Waals surface area contributed by atoms with Gasteiger partial charge in [-0.05, 0) is 54.4 Å². The number of hydrogen-bond acceptors (Lipinski definition) is 3. The summed E-state index contributed by atoms with van der Waals surface area (Å²) in [5.41, 5.74) is 0.488. The van der Waals surface area contributed by atoms with E-state index in [9.17, 15) is 18.7 Å². The normalized spacial score (nSPS) is 14.1. The fourth-order valence-corrected chi connectivity index (χ4v) is 3.08. The number of hydrogen-bond donors (Lipinski definition) is 2. The van der Waals surface area contributed by atoms with Gasteiger partial charge in [0.15, 0.2) is 0 Å². The van der Waals surface area contributed by atoms with Crippen LogP contribution in [0, 0.1) is 11.6 Å². The number of pyridine rings is 1. The largest absolute Gasteiger partial charge is 0.384 e. The van der Waals surface area contributed by atoms with Gasteiger partial charge < -0.3 is 10.4 Å². The van der Waals surface area contributed by atoms with Crippen molar-refractivity contribution in [1.82, 2.24) is 10.3 Å². The summed E-state index contributed by atoms with van der Waals surface area (Å²) >= 11 is 0. The highest BCUT2D eigenvalue weighted by molar-refractivity contribution is 5.84. The average Bonchev–Trinajstić information content (AvgIpc) is 2.72. The van der Waals surface area contributed by atoms with Gasteiger partial charge in [0.1, 0.15) is 17.2 Å². The standard InChI is InChI=1S/C23H22F2N2O2/c1-23(29,17-7-11-19(25)12-8-17)15-27-22(28)21(14-20-4-2-3-13-26-20)16-5-9-18(24)10-6-16/h2-13,21,29H,14-15H2,1H3,(H,27,28). The fraction of sp³-hybridized carbons (Fsp3) is 0.217. The molecule has 2 N–H and O–H groups in total. The first-order valence-corrected chi connectivity index (χ1v) is 9.27. The molecule has 150 valence electrons. The van der Waals surface area contributed by atoms with Gasteiger partial charge >= 0.3 is 0 Å². The summed E-state index contributed by atoms with van der Waals surface area (Å²) in [6, 6.07) is 16.7. The number of carbonyl (C=O) groups is 1. The summed E-state index contributed by atoms with van der Waals surface area (Å²) in [5.74, 6) is -1.70. The van der Waals surface area contributed by atoms with Crippen LogP contribution in [0.2, 0.25) is 0 Å². The molecule has 2 unspecified atom stereocenters. The summed E-state index contributed by atoms with van der Waals surface area (Å²) in [6.07, 6.45) is 1.98. The first-order chi connectivity index (χ1) is 13.8. The Kier molecular flexibility index (Phi) is 6.34. The first-order valence-electron chi connectivity index (χ1n) is 9.27. The fourth-order valence-electron chi connectivity index (χ4n) is 3.08. The number of rotatable bonds is 7. The molecule has 6 heteroatoms. The van der Waals surface area contributed by atoms with Gasteiger partial charge in [0.25, 0.3) is 0 Å². The van der Waals surface area contributed by atoms with Crippen molar-refractivity contribution in [2.45, 2.75) is 24.9 Å². The van der Waals surface area contributed by atoms with E-state index in [0.29, 0.717) is 17.5 Å². The Balaban J connectivity index is 1.77. The number of carbonyl (C=O) groups excluding carboxylic acids is 1. The highest BCUT2D eigenvalue weighted by Crippen LogP contribution is 2.23. The van der Waals surface area contributed by atoms with E-state index in [1.165, 1.54) is 36.4 Å². The molecule has 1 heterocycles. The Bertz CT molecular complexity index is 943. The van der Waals surface area contributed by atoms with Crippen LogP contribution in [0.5, 0.6) is 0 Å². The van der Waals surface area contributed by atoms with Gasteiger partial charge in [-0.2, -0.15) is 0 Å². The van der Waals surface area contributed by atoms with Gasteiger partial charge in [0.2, 0.25) is 5.91 Å². The Morgan fingerprint density at radius 1 is 1.03 bits per heavy atom. The van der Waals surface area contributed by atoms with Crippen LogP contribution in [0.4, 0.5) is 8.78 Å². The molecule has 3 rings (SSSR count). The van der Waals surface area contributed by atoms with Crippen molar-refractivity contribution >= 4 is 5.91 Å². The van der Waals surface area contributed by atoms with Crippen LogP contribution >= 0.6 is 0 Å². The molecule has 0 aliphatic carbocycles. The minimum atomic E-state index is -1.37. The maximum absolute atomic E-state index is 13.3. The topological polar surface area (TPSA) is 62.2 Å². The van der Waals surface area contributed by atoms with Crippen molar-refractivity contribution in [3.05, 3.63) is 101 Å². The summed E-state index contributed by atoms with van der Waals surface area (Å²) in [5, 5.41) is 13.5. The zero-order valence-corrected chi connectivity index (χ0v) is 16.0. The molecule has 0 bridgehead atoms. The number of nitrogens with zero attached hydrogens (tertiary/aromatic N) is 1. The highest BCUT2D eigenvalue weighted by Gasteiger charge is 2.27. The molecule has 2 atom stereocenters. The zero-order valence-electron chi connectivity index (χ0n) is 16.0. The second-order valence-corrected chi connectivity index (χ2v) is 7.13. The number of aromatic nitrogens is 1. The lowest BCUT2D eigenvalue weighted by molar-refractivity contribution is -0.123. The molecule has 0 saturated heterocycles. The van der Waals surface area contributed by atoms with E-state index in [0.717, 1.165) is 5.69 Å². The minimum Gasteiger partial charge on any atom is -0.384 e. The maximum atomic E-state index is 13.3. The monoisotopic (exact) mass is 396 g/mol. The van der Waals surface area contributed by atoms with Crippen LogP contribution in [0.25, 0.3) is 0 Å². The Morgan fingerprint density at radius 2 is 1.66 bits per heavy atom. The van der Waals surface area contributed by atoms with E-state index in [2.05, 4.69) is 10.3 Å². The van der Waals surface area contributed by atoms with Crippen molar-refractivity contribution in [3.8, 4) is 0 Å². The summed E-state index contributed by atoms with van der Waals surface area (Å²) < 4.78 is 26.5. The van der Waals surface area contributed by atoms with E-state index in [1.54, 1.807) is 31.3 Å². The van der Waals surface area contributed by atoms with Crippen molar-refractivity contribution in [2.24, 2.45) is 0 Å². The molecule has 2 aromatic carbocycles. The smallest absolute Gasteiger partial charge is 0.228 e. The highest BCUT2D eigenvalue weighted by atomic mass is 19.1. The third-order valence-corrected chi connectivity index (χ3v) is 4.80. The van der Waals surface area contributed by atoms with Crippen molar-refractivity contribution in [3.63, 3.8) is 0 Å². The molecule has 0 radical (unpaired) electrons. The van der Waals surface area contributed by atoms with Gasteiger partial charge in [-0.1, -0.05) is 30.3 Å². The predicted molar refractivity (Wildman–Crippen MR) is 106 cm³/mol.